The normalized spacial score (nSPS) is 12.2. The molecule has 0 aliphatic carbocycles. The second kappa shape index (κ2) is 10.6. The first-order chi connectivity index (χ1) is 14.6. The Morgan fingerprint density at radius 2 is 1.77 bits per heavy atom. The van der Waals surface area contributed by atoms with Crippen LogP contribution in [0.1, 0.15) is 24.5 Å². The molecule has 1 atom stereocenters. The minimum absolute atomic E-state index is 0.183. The van der Waals surface area contributed by atoms with E-state index in [2.05, 4.69) is 5.32 Å². The number of anilines is 1. The molecule has 0 aliphatic rings. The number of halogens is 1. The molecule has 0 radical (unpaired) electrons. The first-order valence-corrected chi connectivity index (χ1v) is 12.1. The summed E-state index contributed by atoms with van der Waals surface area (Å²) in [6, 6.07) is 13.3. The van der Waals surface area contributed by atoms with Crippen molar-refractivity contribution in [2.75, 3.05) is 24.2 Å². The number of amides is 2. The van der Waals surface area contributed by atoms with E-state index in [0.717, 1.165) is 16.1 Å². The van der Waals surface area contributed by atoms with Gasteiger partial charge in [0.25, 0.3) is 0 Å². The van der Waals surface area contributed by atoms with Gasteiger partial charge in [-0.05, 0) is 42.7 Å². The highest BCUT2D eigenvalue weighted by atomic mass is 35.5. The molecule has 2 rings (SSSR count). The quantitative estimate of drug-likeness (QED) is 0.616. The molecule has 0 aliphatic heterocycles. The Labute approximate surface area is 189 Å². The molecule has 0 bridgehead atoms. The van der Waals surface area contributed by atoms with Crippen molar-refractivity contribution in [3.63, 3.8) is 0 Å². The minimum Gasteiger partial charge on any atom is -0.357 e. The van der Waals surface area contributed by atoms with Crippen LogP contribution >= 0.6 is 11.6 Å². The summed E-state index contributed by atoms with van der Waals surface area (Å²) >= 11 is 6.01. The Balaban J connectivity index is 2.44. The second-order valence-corrected chi connectivity index (χ2v) is 9.59. The number of likely N-dealkylation sites (N-methyl/N-ethyl adjacent to an activating group) is 1. The molecule has 1 N–H and O–H groups in total. The molecule has 0 heterocycles. The van der Waals surface area contributed by atoms with E-state index in [-0.39, 0.29) is 12.5 Å². The molecule has 7 nitrogen and oxygen atoms in total. The predicted molar refractivity (Wildman–Crippen MR) is 124 cm³/mol. The van der Waals surface area contributed by atoms with Crippen molar-refractivity contribution >= 4 is 39.1 Å². The fourth-order valence-electron chi connectivity index (χ4n) is 3.36. The van der Waals surface area contributed by atoms with Gasteiger partial charge in [-0.2, -0.15) is 0 Å². The van der Waals surface area contributed by atoms with Gasteiger partial charge in [0.1, 0.15) is 12.6 Å². The lowest BCUT2D eigenvalue weighted by atomic mass is 10.1. The third-order valence-electron chi connectivity index (χ3n) is 4.93. The van der Waals surface area contributed by atoms with Crippen LogP contribution in [0, 0.1) is 6.92 Å². The van der Waals surface area contributed by atoms with Gasteiger partial charge in [0, 0.05) is 18.6 Å². The molecule has 0 fully saturated rings. The first kappa shape index (κ1) is 24.7. The monoisotopic (exact) mass is 465 g/mol. The van der Waals surface area contributed by atoms with Crippen LogP contribution < -0.4 is 9.62 Å². The molecule has 0 aromatic heterocycles. The number of rotatable bonds is 9. The van der Waals surface area contributed by atoms with Gasteiger partial charge in [-0.3, -0.25) is 13.9 Å². The minimum atomic E-state index is -3.77. The Hall–Kier alpha value is -2.58. The molecule has 168 valence electrons. The van der Waals surface area contributed by atoms with Crippen molar-refractivity contribution in [2.24, 2.45) is 0 Å². The van der Waals surface area contributed by atoms with Gasteiger partial charge >= 0.3 is 0 Å². The maximum atomic E-state index is 13.4. The summed E-state index contributed by atoms with van der Waals surface area (Å²) in [5.74, 6) is -0.778. The highest BCUT2D eigenvalue weighted by molar-refractivity contribution is 7.92. The molecule has 1 unspecified atom stereocenters. The zero-order valence-corrected chi connectivity index (χ0v) is 19.7. The van der Waals surface area contributed by atoms with Gasteiger partial charge in [0.2, 0.25) is 21.8 Å². The van der Waals surface area contributed by atoms with Crippen LogP contribution in [0.25, 0.3) is 0 Å². The Morgan fingerprint density at radius 3 is 2.29 bits per heavy atom. The molecular weight excluding hydrogens is 438 g/mol. The van der Waals surface area contributed by atoms with Gasteiger partial charge in [-0.25, -0.2) is 8.42 Å². The fourth-order valence-corrected chi connectivity index (χ4v) is 4.49. The number of carbonyl (C=O) groups excluding carboxylic acids is 2. The van der Waals surface area contributed by atoms with Crippen LogP contribution in [0.2, 0.25) is 5.02 Å². The Morgan fingerprint density at radius 1 is 1.13 bits per heavy atom. The molecule has 2 aromatic carbocycles. The molecule has 0 saturated carbocycles. The zero-order valence-electron chi connectivity index (χ0n) is 18.1. The van der Waals surface area contributed by atoms with E-state index < -0.39 is 28.5 Å². The highest BCUT2D eigenvalue weighted by Gasteiger charge is 2.31. The van der Waals surface area contributed by atoms with Crippen LogP contribution in [-0.2, 0) is 26.2 Å². The van der Waals surface area contributed by atoms with Crippen molar-refractivity contribution in [2.45, 2.75) is 32.9 Å². The lowest BCUT2D eigenvalue weighted by Gasteiger charge is -2.33. The second-order valence-electron chi connectivity index (χ2n) is 7.25. The summed E-state index contributed by atoms with van der Waals surface area (Å²) < 4.78 is 26.2. The molecule has 2 amide bonds. The van der Waals surface area contributed by atoms with Crippen LogP contribution in [-0.4, -0.2) is 51.0 Å². The third-order valence-corrected chi connectivity index (χ3v) is 6.30. The summed E-state index contributed by atoms with van der Waals surface area (Å²) in [6.07, 6.45) is 1.43. The van der Waals surface area contributed by atoms with Crippen molar-refractivity contribution in [1.29, 1.82) is 0 Å². The third kappa shape index (κ3) is 6.45. The Bertz CT molecular complexity index is 1030. The largest absolute Gasteiger partial charge is 0.357 e. The Kier molecular flexibility index (Phi) is 8.47. The van der Waals surface area contributed by atoms with Gasteiger partial charge in [0.15, 0.2) is 0 Å². The number of hydrogen-bond donors (Lipinski definition) is 1. The summed E-state index contributed by atoms with van der Waals surface area (Å²) in [5.41, 5.74) is 1.83. The van der Waals surface area contributed by atoms with Crippen molar-refractivity contribution in [1.82, 2.24) is 10.2 Å². The van der Waals surface area contributed by atoms with Gasteiger partial charge in [-0.1, -0.05) is 48.9 Å². The molecule has 0 saturated heterocycles. The van der Waals surface area contributed by atoms with Crippen molar-refractivity contribution in [3.8, 4) is 0 Å². The van der Waals surface area contributed by atoms with Crippen LogP contribution in [0.15, 0.2) is 48.5 Å². The number of nitrogens with zero attached hydrogens (tertiary/aromatic N) is 2. The van der Waals surface area contributed by atoms with Crippen molar-refractivity contribution < 1.29 is 18.0 Å². The van der Waals surface area contributed by atoms with Crippen LogP contribution in [0.3, 0.4) is 0 Å². The predicted octanol–water partition coefficient (Wildman–Crippen LogP) is 2.97. The summed E-state index contributed by atoms with van der Waals surface area (Å²) in [5, 5.41) is 3.06. The van der Waals surface area contributed by atoms with E-state index in [1.165, 1.54) is 11.9 Å². The molecule has 9 heteroatoms. The molecule has 2 aromatic rings. The molecule has 0 spiro atoms. The number of benzene rings is 2. The van der Waals surface area contributed by atoms with Gasteiger partial charge in [0.05, 0.1) is 11.9 Å². The van der Waals surface area contributed by atoms with E-state index in [4.69, 9.17) is 11.6 Å². The maximum Gasteiger partial charge on any atom is 0.244 e. The number of carbonyl (C=O) groups is 2. The fraction of sp³-hybridized carbons (Fsp3) is 0.364. The van der Waals surface area contributed by atoms with E-state index in [0.29, 0.717) is 22.7 Å². The maximum absolute atomic E-state index is 13.4. The standard InChI is InChI=1S/C22H28ClN3O4S/c1-5-19(22(28)24-3)25(14-17-9-7-6-8-10-17)21(27)15-26(31(4,29)30)20-12-11-18(23)13-16(20)2/h6-13,19H,5,14-15H2,1-4H3,(H,24,28). The van der Waals surface area contributed by atoms with E-state index in [1.54, 1.807) is 25.1 Å². The smallest absolute Gasteiger partial charge is 0.244 e. The average molecular weight is 466 g/mol. The number of sulfonamides is 1. The zero-order chi connectivity index (χ0) is 23.2. The first-order valence-electron chi connectivity index (χ1n) is 9.87. The highest BCUT2D eigenvalue weighted by Crippen LogP contribution is 2.26. The number of aryl methyl sites for hydroxylation is 1. The van der Waals surface area contributed by atoms with Crippen molar-refractivity contribution in [3.05, 3.63) is 64.7 Å². The van der Waals surface area contributed by atoms with E-state index >= 15 is 0 Å². The van der Waals surface area contributed by atoms with Crippen LogP contribution in [0.4, 0.5) is 5.69 Å². The molecular formula is C22H28ClN3O4S. The summed E-state index contributed by atoms with van der Waals surface area (Å²) in [6.45, 7) is 3.29. The van der Waals surface area contributed by atoms with Gasteiger partial charge < -0.3 is 10.2 Å². The van der Waals surface area contributed by atoms with Gasteiger partial charge in [-0.15, -0.1) is 0 Å². The topological polar surface area (TPSA) is 86.8 Å². The lowest BCUT2D eigenvalue weighted by molar-refractivity contribution is -0.140. The number of nitrogens with one attached hydrogen (secondary N) is 1. The SMILES string of the molecule is CCC(C(=O)NC)N(Cc1ccccc1)C(=O)CN(c1ccc(Cl)cc1C)S(C)(=O)=O. The number of hydrogen-bond acceptors (Lipinski definition) is 4. The summed E-state index contributed by atoms with van der Waals surface area (Å²) in [7, 11) is -2.26. The summed E-state index contributed by atoms with van der Waals surface area (Å²) in [4.78, 5) is 27.3. The van der Waals surface area contributed by atoms with E-state index in [9.17, 15) is 18.0 Å². The van der Waals surface area contributed by atoms with E-state index in [1.807, 2.05) is 37.3 Å². The van der Waals surface area contributed by atoms with Crippen LogP contribution in [0.5, 0.6) is 0 Å². The molecule has 31 heavy (non-hydrogen) atoms. The lowest BCUT2D eigenvalue weighted by Crippen LogP contribution is -2.51. The average Bonchev–Trinajstić information content (AvgIpc) is 2.72.